The molecule has 6 aliphatic rings. The monoisotopic (exact) mass is 725 g/mol. The van der Waals surface area contributed by atoms with Crippen molar-refractivity contribution >= 4 is 23.8 Å². The molecule has 0 aromatic rings. The number of carboxylic acid groups (broad SMARTS) is 1. The first-order valence-electron chi connectivity index (χ1n) is 20.4. The zero-order valence-electron chi connectivity index (χ0n) is 33.4. The molecule has 292 valence electrons. The van der Waals surface area contributed by atoms with Crippen LogP contribution in [0.3, 0.4) is 0 Å². The Morgan fingerprint density at radius 1 is 0.885 bits per heavy atom. The Balaban J connectivity index is 1.22. The molecule has 0 bridgehead atoms. The van der Waals surface area contributed by atoms with Crippen molar-refractivity contribution in [2.75, 3.05) is 19.7 Å². The molecule has 0 aromatic carbocycles. The summed E-state index contributed by atoms with van der Waals surface area (Å²) in [5.74, 6) is 0.784. The number of hydrogen-bond acceptors (Lipinski definition) is 6. The van der Waals surface area contributed by atoms with Crippen LogP contribution in [0, 0.1) is 62.1 Å². The number of ether oxygens (including phenoxy) is 1. The lowest BCUT2D eigenvalue weighted by Crippen LogP contribution is -2.67. The molecule has 0 spiro atoms. The molecular formula is C43H68N2O7. The van der Waals surface area contributed by atoms with Gasteiger partial charge in [-0.2, -0.15) is 0 Å². The van der Waals surface area contributed by atoms with E-state index in [2.05, 4.69) is 53.4 Å². The number of carboxylic acids is 1. The number of aliphatic hydroxyl groups excluding tert-OH is 1. The van der Waals surface area contributed by atoms with Gasteiger partial charge in [0.2, 0.25) is 11.8 Å². The minimum Gasteiger partial charge on any atom is -0.481 e. The summed E-state index contributed by atoms with van der Waals surface area (Å²) in [5, 5.41) is 21.7. The van der Waals surface area contributed by atoms with Gasteiger partial charge in [0.05, 0.1) is 11.8 Å². The fraction of sp³-hybridized carbons (Fsp3) is 0.860. The number of carbonyl (C=O) groups is 4. The number of aliphatic carboxylic acids is 1. The van der Waals surface area contributed by atoms with Crippen LogP contribution in [0.5, 0.6) is 0 Å². The van der Waals surface area contributed by atoms with E-state index < -0.39 is 24.0 Å². The Morgan fingerprint density at radius 3 is 2.25 bits per heavy atom. The molecule has 2 amide bonds. The topological polar surface area (TPSA) is 133 Å². The number of nitrogens with one attached hydrogen (secondary N) is 1. The molecule has 0 unspecified atom stereocenters. The summed E-state index contributed by atoms with van der Waals surface area (Å²) >= 11 is 0. The fourth-order valence-electron chi connectivity index (χ4n) is 14.2. The molecule has 1 heterocycles. The van der Waals surface area contributed by atoms with Crippen molar-refractivity contribution in [1.29, 1.82) is 0 Å². The molecule has 9 heteroatoms. The van der Waals surface area contributed by atoms with Gasteiger partial charge in [0.25, 0.3) is 0 Å². The van der Waals surface area contributed by atoms with Crippen LogP contribution in [0.1, 0.15) is 139 Å². The second-order valence-electron chi connectivity index (χ2n) is 20.5. The van der Waals surface area contributed by atoms with Crippen molar-refractivity contribution in [2.24, 2.45) is 62.1 Å². The molecule has 6 fully saturated rings. The van der Waals surface area contributed by atoms with Gasteiger partial charge in [0, 0.05) is 31.0 Å². The Labute approximate surface area is 312 Å². The van der Waals surface area contributed by atoms with Crippen LogP contribution in [0.4, 0.5) is 0 Å². The largest absolute Gasteiger partial charge is 0.481 e. The number of fused-ring (bicyclic) bond motifs is 7. The summed E-state index contributed by atoms with van der Waals surface area (Å²) in [6.45, 7) is 22.9. The van der Waals surface area contributed by atoms with Crippen molar-refractivity contribution in [1.82, 2.24) is 10.2 Å². The highest BCUT2D eigenvalue weighted by Crippen LogP contribution is 2.78. The summed E-state index contributed by atoms with van der Waals surface area (Å²) in [6.07, 6.45) is 11.7. The smallest absolute Gasteiger partial charge is 0.309 e. The Kier molecular flexibility index (Phi) is 10.1. The first-order valence-corrected chi connectivity index (χ1v) is 20.4. The Hall–Kier alpha value is -2.42. The molecule has 5 aliphatic carbocycles. The van der Waals surface area contributed by atoms with Crippen molar-refractivity contribution in [2.45, 2.75) is 151 Å². The Bertz CT molecular complexity index is 1470. The number of allylic oxidation sites excluding steroid dienone is 1. The minimum absolute atomic E-state index is 0.0270. The highest BCUT2D eigenvalue weighted by molar-refractivity contribution is 5.81. The summed E-state index contributed by atoms with van der Waals surface area (Å²) in [5.41, 5.74) is 0.264. The predicted octanol–water partition coefficient (Wildman–Crippen LogP) is 7.16. The quantitative estimate of drug-likeness (QED) is 0.170. The standard InChI is InChI=1S/C43H68N2O7/c1-26(2)28-12-18-43(22-34(48)45-21-15-27(24-45)44-33(47)25-46)20-19-41(8)29(36(28)43)10-11-31-40(7)16-14-32(52-35(49)23-38(3,4)37(50)51)39(5,6)30(40)13-17-42(31,41)9/h27-32,36,46H,1,10-25H2,2-9H3,(H,44,47)(H,50,51)/t27-,28-,29+,30-,31+,32-,36+,40-,41+,42+,43+/m0/s1. The highest BCUT2D eigenvalue weighted by Gasteiger charge is 2.71. The maximum atomic E-state index is 14.1. The van der Waals surface area contributed by atoms with Gasteiger partial charge >= 0.3 is 11.9 Å². The molecule has 3 N–H and O–H groups in total. The SMILES string of the molecule is C=C(C)[C@@H]1CC[C@]2(CC(=O)N3CC[C@H](NC(=O)CO)C3)CC[C@]3(C)[C@H](CC[C@@H]4[C@@]5(C)CC[C@H](OC(=O)CC(C)(C)C(=O)O)C(C)(C)[C@@H]5CC[C@]43C)[C@@H]12. The third-order valence-corrected chi connectivity index (χ3v) is 17.2. The van der Waals surface area contributed by atoms with Crippen LogP contribution >= 0.6 is 0 Å². The van der Waals surface area contributed by atoms with E-state index in [-0.39, 0.29) is 57.5 Å². The molecule has 6 rings (SSSR count). The summed E-state index contributed by atoms with van der Waals surface area (Å²) in [4.78, 5) is 52.7. The predicted molar refractivity (Wildman–Crippen MR) is 200 cm³/mol. The van der Waals surface area contributed by atoms with Gasteiger partial charge in [0.1, 0.15) is 12.7 Å². The Morgan fingerprint density at radius 2 is 1.60 bits per heavy atom. The van der Waals surface area contributed by atoms with Crippen molar-refractivity contribution in [3.8, 4) is 0 Å². The lowest BCUT2D eigenvalue weighted by atomic mass is 9.32. The van der Waals surface area contributed by atoms with Gasteiger partial charge in [-0.25, -0.2) is 0 Å². The van der Waals surface area contributed by atoms with Crippen molar-refractivity contribution in [3.05, 3.63) is 12.2 Å². The van der Waals surface area contributed by atoms with Crippen LogP contribution in [-0.4, -0.2) is 70.7 Å². The number of rotatable bonds is 9. The minimum atomic E-state index is -1.16. The molecule has 1 saturated heterocycles. The van der Waals surface area contributed by atoms with Gasteiger partial charge in [-0.3, -0.25) is 19.2 Å². The van der Waals surface area contributed by atoms with Gasteiger partial charge < -0.3 is 25.2 Å². The number of carbonyl (C=O) groups excluding carboxylic acids is 3. The number of hydrogen-bond donors (Lipinski definition) is 3. The zero-order chi connectivity index (χ0) is 38.2. The van der Waals surface area contributed by atoms with E-state index in [9.17, 15) is 29.4 Å². The van der Waals surface area contributed by atoms with Gasteiger partial charge in [0.15, 0.2) is 0 Å². The van der Waals surface area contributed by atoms with Crippen LogP contribution < -0.4 is 5.32 Å². The molecule has 0 aromatic heterocycles. The summed E-state index contributed by atoms with van der Waals surface area (Å²) in [7, 11) is 0. The molecule has 52 heavy (non-hydrogen) atoms. The fourth-order valence-corrected chi connectivity index (χ4v) is 14.2. The molecule has 5 saturated carbocycles. The second kappa shape index (κ2) is 13.4. The molecular weight excluding hydrogens is 656 g/mol. The second-order valence-corrected chi connectivity index (χ2v) is 20.5. The van der Waals surface area contributed by atoms with Crippen molar-refractivity contribution in [3.63, 3.8) is 0 Å². The first kappa shape index (κ1) is 39.3. The number of esters is 1. The average Bonchev–Trinajstić information content (AvgIpc) is 3.68. The van der Waals surface area contributed by atoms with Gasteiger partial charge in [-0.15, -0.1) is 0 Å². The maximum Gasteiger partial charge on any atom is 0.309 e. The van der Waals surface area contributed by atoms with Crippen LogP contribution in [0.2, 0.25) is 0 Å². The highest BCUT2D eigenvalue weighted by atomic mass is 16.5. The van der Waals surface area contributed by atoms with Crippen LogP contribution in [0.15, 0.2) is 12.2 Å². The number of amides is 2. The number of likely N-dealkylation sites (tertiary alicyclic amines) is 1. The molecule has 1 aliphatic heterocycles. The van der Waals surface area contributed by atoms with Crippen LogP contribution in [0.25, 0.3) is 0 Å². The zero-order valence-corrected chi connectivity index (χ0v) is 33.4. The number of aliphatic hydroxyl groups is 1. The van der Waals surface area contributed by atoms with E-state index in [4.69, 9.17) is 4.74 Å². The van der Waals surface area contributed by atoms with E-state index in [1.54, 1.807) is 13.8 Å². The summed E-state index contributed by atoms with van der Waals surface area (Å²) in [6, 6.07) is -0.0961. The molecule has 9 nitrogen and oxygen atoms in total. The van der Waals surface area contributed by atoms with Crippen LogP contribution in [-0.2, 0) is 23.9 Å². The lowest BCUT2D eigenvalue weighted by Gasteiger charge is -2.73. The number of nitrogens with zero attached hydrogens (tertiary/aromatic N) is 1. The van der Waals surface area contributed by atoms with E-state index >= 15 is 0 Å². The van der Waals surface area contributed by atoms with E-state index in [0.717, 1.165) is 57.8 Å². The third-order valence-electron chi connectivity index (χ3n) is 17.2. The van der Waals surface area contributed by atoms with E-state index in [0.29, 0.717) is 49.1 Å². The van der Waals surface area contributed by atoms with E-state index in [1.807, 2.05) is 4.90 Å². The van der Waals surface area contributed by atoms with E-state index in [1.165, 1.54) is 18.4 Å². The molecule has 0 radical (unpaired) electrons. The summed E-state index contributed by atoms with van der Waals surface area (Å²) < 4.78 is 6.17. The average molecular weight is 725 g/mol. The first-order chi connectivity index (χ1) is 24.1. The normalized spacial score (nSPS) is 42.2. The van der Waals surface area contributed by atoms with Gasteiger partial charge in [-0.05, 0) is 143 Å². The van der Waals surface area contributed by atoms with Crippen molar-refractivity contribution < 1.29 is 34.1 Å². The molecule has 11 atom stereocenters. The third kappa shape index (κ3) is 6.15. The lowest BCUT2D eigenvalue weighted by molar-refractivity contribution is -0.250. The maximum absolute atomic E-state index is 14.1. The van der Waals surface area contributed by atoms with Gasteiger partial charge in [-0.1, -0.05) is 46.8 Å².